The van der Waals surface area contributed by atoms with Gasteiger partial charge in [0.1, 0.15) is 0 Å². The third-order valence-electron chi connectivity index (χ3n) is 1.70. The number of anilines is 1. The van der Waals surface area contributed by atoms with Gasteiger partial charge >= 0.3 is 12.3 Å². The molecule has 76 valence electrons. The first-order valence-electron chi connectivity index (χ1n) is 3.96. The Kier molecular flexibility index (Phi) is 3.14. The first-order valence-corrected chi connectivity index (χ1v) is 3.96. The van der Waals surface area contributed by atoms with Crippen molar-refractivity contribution in [2.45, 2.75) is 13.3 Å². The summed E-state index contributed by atoms with van der Waals surface area (Å²) in [6, 6.07) is 6.47. The molecule has 5 heteroatoms. The third-order valence-corrected chi connectivity index (χ3v) is 1.70. The molecular formula is C9H10F2N2O. The number of nitrogens with zero attached hydrogens (tertiary/aromatic N) is 1. The first-order chi connectivity index (χ1) is 6.52. The van der Waals surface area contributed by atoms with Gasteiger partial charge in [0.15, 0.2) is 0 Å². The maximum absolute atomic E-state index is 12.0. The van der Waals surface area contributed by atoms with Gasteiger partial charge in [-0.2, -0.15) is 8.78 Å². The van der Waals surface area contributed by atoms with Crippen LogP contribution in [0.3, 0.4) is 0 Å². The highest BCUT2D eigenvalue weighted by Crippen LogP contribution is 2.14. The lowest BCUT2D eigenvalue weighted by atomic mass is 10.2. The molecule has 14 heavy (non-hydrogen) atoms. The van der Waals surface area contributed by atoms with Crippen LogP contribution in [0.25, 0.3) is 0 Å². The number of aryl methyl sites for hydroxylation is 1. The van der Waals surface area contributed by atoms with Gasteiger partial charge in [0.2, 0.25) is 0 Å². The van der Waals surface area contributed by atoms with Gasteiger partial charge in [-0.15, -0.1) is 0 Å². The number of carbonyl (C=O) groups is 1. The van der Waals surface area contributed by atoms with E-state index in [-0.39, 0.29) is 5.69 Å². The molecule has 0 aliphatic heterocycles. The highest BCUT2D eigenvalue weighted by atomic mass is 19.3. The molecule has 1 aromatic rings. The molecule has 0 aliphatic rings. The topological polar surface area (TPSA) is 46.3 Å². The Morgan fingerprint density at radius 3 is 2.64 bits per heavy atom. The zero-order valence-electron chi connectivity index (χ0n) is 7.58. The zero-order valence-corrected chi connectivity index (χ0v) is 7.58. The first kappa shape index (κ1) is 10.6. The van der Waals surface area contributed by atoms with E-state index < -0.39 is 12.3 Å². The highest BCUT2D eigenvalue weighted by molar-refractivity contribution is 5.94. The molecule has 0 saturated heterocycles. The van der Waals surface area contributed by atoms with Crippen molar-refractivity contribution in [3.63, 3.8) is 0 Å². The Morgan fingerprint density at radius 1 is 1.50 bits per heavy atom. The molecule has 0 aromatic heterocycles. The van der Waals surface area contributed by atoms with Crippen molar-refractivity contribution < 1.29 is 13.6 Å². The number of hydrogen-bond donors (Lipinski definition) is 1. The van der Waals surface area contributed by atoms with Crippen molar-refractivity contribution in [2.24, 2.45) is 5.84 Å². The number of alkyl halides is 2. The second kappa shape index (κ2) is 4.15. The van der Waals surface area contributed by atoms with Crippen molar-refractivity contribution in [3.05, 3.63) is 29.8 Å². The van der Waals surface area contributed by atoms with Crippen LogP contribution >= 0.6 is 0 Å². The average Bonchev–Trinajstić information content (AvgIpc) is 2.15. The maximum Gasteiger partial charge on any atom is 0.317 e. The standard InChI is InChI=1S/C9H10F2N2O/c1-6-3-2-4-7(5-6)13(12)9(14)8(10)11/h2-5,8H,12H2,1H3. The third kappa shape index (κ3) is 2.26. The second-order valence-electron chi connectivity index (χ2n) is 2.85. The van der Waals surface area contributed by atoms with E-state index >= 15 is 0 Å². The molecule has 0 atom stereocenters. The molecule has 2 N–H and O–H groups in total. The van der Waals surface area contributed by atoms with Crippen molar-refractivity contribution >= 4 is 11.6 Å². The summed E-state index contributed by atoms with van der Waals surface area (Å²) in [5.41, 5.74) is 1.11. The monoisotopic (exact) mass is 200 g/mol. The van der Waals surface area contributed by atoms with E-state index in [9.17, 15) is 13.6 Å². The molecule has 0 saturated carbocycles. The molecular weight excluding hydrogens is 190 g/mol. The number of amides is 1. The summed E-state index contributed by atoms with van der Waals surface area (Å²) in [4.78, 5) is 10.8. The van der Waals surface area contributed by atoms with Crippen LogP contribution in [0.1, 0.15) is 5.56 Å². The Balaban J connectivity index is 2.89. The summed E-state index contributed by atoms with van der Waals surface area (Å²) >= 11 is 0. The van der Waals surface area contributed by atoms with Crippen molar-refractivity contribution in [1.82, 2.24) is 0 Å². The number of benzene rings is 1. The summed E-state index contributed by atoms with van der Waals surface area (Å²) < 4.78 is 24.0. The summed E-state index contributed by atoms with van der Waals surface area (Å²) in [7, 11) is 0. The summed E-state index contributed by atoms with van der Waals surface area (Å²) in [6.45, 7) is 1.78. The average molecular weight is 200 g/mol. The summed E-state index contributed by atoms with van der Waals surface area (Å²) in [5, 5.41) is 0.456. The van der Waals surface area contributed by atoms with Crippen LogP contribution in [0.15, 0.2) is 24.3 Å². The minimum absolute atomic E-state index is 0.260. The molecule has 1 rings (SSSR count). The van der Waals surface area contributed by atoms with Crippen LogP contribution in [-0.2, 0) is 4.79 Å². The van der Waals surface area contributed by atoms with Crippen LogP contribution in [0.2, 0.25) is 0 Å². The van der Waals surface area contributed by atoms with Gasteiger partial charge in [0.25, 0.3) is 0 Å². The van der Waals surface area contributed by atoms with E-state index in [0.717, 1.165) is 5.56 Å². The zero-order chi connectivity index (χ0) is 10.7. The van der Waals surface area contributed by atoms with E-state index in [0.29, 0.717) is 5.01 Å². The quantitative estimate of drug-likeness (QED) is 0.446. The molecule has 0 fully saturated rings. The van der Waals surface area contributed by atoms with Crippen LogP contribution in [0, 0.1) is 6.92 Å². The minimum atomic E-state index is -3.08. The van der Waals surface area contributed by atoms with Crippen LogP contribution < -0.4 is 10.9 Å². The molecule has 0 bridgehead atoms. The fourth-order valence-corrected chi connectivity index (χ4v) is 1.01. The molecule has 0 radical (unpaired) electrons. The molecule has 1 aromatic carbocycles. The minimum Gasteiger partial charge on any atom is -0.266 e. The fraction of sp³-hybridized carbons (Fsp3) is 0.222. The largest absolute Gasteiger partial charge is 0.317 e. The Morgan fingerprint density at radius 2 is 2.14 bits per heavy atom. The van der Waals surface area contributed by atoms with Crippen LogP contribution in [0.4, 0.5) is 14.5 Å². The Bertz CT molecular complexity index is 341. The lowest BCUT2D eigenvalue weighted by molar-refractivity contribution is -0.129. The van der Waals surface area contributed by atoms with Gasteiger partial charge in [-0.05, 0) is 24.6 Å². The lowest BCUT2D eigenvalue weighted by Gasteiger charge is -2.16. The fourth-order valence-electron chi connectivity index (χ4n) is 1.01. The van der Waals surface area contributed by atoms with Gasteiger partial charge in [0, 0.05) is 0 Å². The summed E-state index contributed by atoms with van der Waals surface area (Å²) in [5.74, 6) is 3.81. The van der Waals surface area contributed by atoms with Gasteiger partial charge in [-0.1, -0.05) is 12.1 Å². The normalized spacial score (nSPS) is 10.4. The SMILES string of the molecule is Cc1cccc(N(N)C(=O)C(F)F)c1. The molecule has 0 aliphatic carbocycles. The van der Waals surface area contributed by atoms with Gasteiger partial charge in [-0.25, -0.2) is 10.9 Å². The van der Waals surface area contributed by atoms with Crippen LogP contribution in [-0.4, -0.2) is 12.3 Å². The van der Waals surface area contributed by atoms with Crippen molar-refractivity contribution in [2.75, 3.05) is 5.01 Å². The molecule has 3 nitrogen and oxygen atoms in total. The molecule has 0 heterocycles. The number of nitrogens with two attached hydrogens (primary N) is 1. The van der Waals surface area contributed by atoms with Crippen LogP contribution in [0.5, 0.6) is 0 Å². The molecule has 0 spiro atoms. The van der Waals surface area contributed by atoms with E-state index in [1.807, 2.05) is 0 Å². The molecule has 1 amide bonds. The van der Waals surface area contributed by atoms with Gasteiger partial charge in [-0.3, -0.25) is 4.79 Å². The van der Waals surface area contributed by atoms with Crippen molar-refractivity contribution in [3.8, 4) is 0 Å². The molecule has 0 unspecified atom stereocenters. The Labute approximate surface area is 80.1 Å². The van der Waals surface area contributed by atoms with E-state index in [1.165, 1.54) is 6.07 Å². The maximum atomic E-state index is 12.0. The number of hydrogen-bond acceptors (Lipinski definition) is 2. The predicted octanol–water partition coefficient (Wildman–Crippen LogP) is 1.47. The highest BCUT2D eigenvalue weighted by Gasteiger charge is 2.21. The second-order valence-corrected chi connectivity index (χ2v) is 2.85. The van der Waals surface area contributed by atoms with Gasteiger partial charge < -0.3 is 0 Å². The number of halogens is 2. The van der Waals surface area contributed by atoms with E-state index in [4.69, 9.17) is 5.84 Å². The number of carbonyl (C=O) groups excluding carboxylic acids is 1. The summed E-state index contributed by atoms with van der Waals surface area (Å²) in [6.07, 6.45) is -3.08. The lowest BCUT2D eigenvalue weighted by Crippen LogP contribution is -2.41. The van der Waals surface area contributed by atoms with Crippen molar-refractivity contribution in [1.29, 1.82) is 0 Å². The Hall–Kier alpha value is -1.49. The number of hydrazine groups is 1. The van der Waals surface area contributed by atoms with E-state index in [1.54, 1.807) is 25.1 Å². The predicted molar refractivity (Wildman–Crippen MR) is 48.9 cm³/mol. The van der Waals surface area contributed by atoms with E-state index in [2.05, 4.69) is 0 Å². The smallest absolute Gasteiger partial charge is 0.266 e. The number of rotatable bonds is 2. The van der Waals surface area contributed by atoms with Gasteiger partial charge in [0.05, 0.1) is 5.69 Å².